The van der Waals surface area contributed by atoms with Crippen LogP contribution in [0.4, 0.5) is 0 Å². The minimum Gasteiger partial charge on any atom is -0.309 e. The molecule has 0 spiro atoms. The molecule has 3 rings (SSSR count). The summed E-state index contributed by atoms with van der Waals surface area (Å²) < 4.78 is 0. The lowest BCUT2D eigenvalue weighted by molar-refractivity contribution is -0.0877. The Kier molecular flexibility index (Phi) is 7.41. The van der Waals surface area contributed by atoms with E-state index in [-0.39, 0.29) is 0 Å². The van der Waals surface area contributed by atoms with Gasteiger partial charge in [-0.25, -0.2) is 0 Å². The zero-order chi connectivity index (χ0) is 21.4. The Morgan fingerprint density at radius 2 is 1.69 bits per heavy atom. The lowest BCUT2D eigenvalue weighted by Gasteiger charge is -2.58. The standard InChI is InChI=1S/C25H50N4/c1-24(2,3)22-19-29(14-10-12-26(6)7)23(22)15-25(4,5)20-16-28(17-20)18-21-11-9-13-27(21)8/h20-23H,9-19H2,1-8H3. The third kappa shape index (κ3) is 5.75. The molecule has 0 amide bonds. The summed E-state index contributed by atoms with van der Waals surface area (Å²) in [6, 6.07) is 1.59. The van der Waals surface area contributed by atoms with Crippen LogP contribution in [0.15, 0.2) is 0 Å². The predicted molar refractivity (Wildman–Crippen MR) is 125 cm³/mol. The third-order valence-corrected chi connectivity index (χ3v) is 8.47. The summed E-state index contributed by atoms with van der Waals surface area (Å²) in [4.78, 5) is 10.4. The Labute approximate surface area is 182 Å². The number of hydrogen-bond donors (Lipinski definition) is 0. The van der Waals surface area contributed by atoms with E-state index in [1.165, 1.54) is 71.5 Å². The summed E-state index contributed by atoms with van der Waals surface area (Å²) in [6.45, 7) is 21.5. The smallest absolute Gasteiger partial charge is 0.0220 e. The molecule has 0 radical (unpaired) electrons. The van der Waals surface area contributed by atoms with Crippen LogP contribution in [0.2, 0.25) is 0 Å². The molecular formula is C25H50N4. The summed E-state index contributed by atoms with van der Waals surface area (Å²) in [5.74, 6) is 1.73. The number of likely N-dealkylation sites (N-methyl/N-ethyl adjacent to an activating group) is 1. The van der Waals surface area contributed by atoms with Crippen molar-refractivity contribution in [2.75, 3.05) is 67.0 Å². The second-order valence-electron chi connectivity index (χ2n) is 12.6. The first-order chi connectivity index (χ1) is 13.5. The van der Waals surface area contributed by atoms with Crippen LogP contribution in [0, 0.1) is 22.7 Å². The quantitative estimate of drug-likeness (QED) is 0.578. The van der Waals surface area contributed by atoms with Gasteiger partial charge in [0.1, 0.15) is 0 Å². The highest BCUT2D eigenvalue weighted by molar-refractivity contribution is 5.02. The first-order valence-corrected chi connectivity index (χ1v) is 12.3. The topological polar surface area (TPSA) is 13.0 Å². The maximum absolute atomic E-state index is 2.81. The molecule has 3 aliphatic rings. The molecule has 170 valence electrons. The highest BCUT2D eigenvalue weighted by atomic mass is 15.3. The van der Waals surface area contributed by atoms with Crippen molar-refractivity contribution < 1.29 is 0 Å². The van der Waals surface area contributed by atoms with Crippen LogP contribution < -0.4 is 0 Å². The van der Waals surface area contributed by atoms with Crippen molar-refractivity contribution in [2.24, 2.45) is 22.7 Å². The summed E-state index contributed by atoms with van der Waals surface area (Å²) in [5, 5.41) is 0. The van der Waals surface area contributed by atoms with E-state index in [1.807, 2.05) is 0 Å². The summed E-state index contributed by atoms with van der Waals surface area (Å²) in [7, 11) is 6.70. The van der Waals surface area contributed by atoms with Gasteiger partial charge in [-0.2, -0.15) is 0 Å². The monoisotopic (exact) mass is 406 g/mol. The molecule has 0 aliphatic carbocycles. The van der Waals surface area contributed by atoms with E-state index >= 15 is 0 Å². The van der Waals surface area contributed by atoms with Gasteiger partial charge in [0, 0.05) is 38.3 Å². The molecule has 3 heterocycles. The van der Waals surface area contributed by atoms with Crippen molar-refractivity contribution in [3.63, 3.8) is 0 Å². The molecule has 3 unspecified atom stereocenters. The zero-order valence-corrected chi connectivity index (χ0v) is 20.9. The van der Waals surface area contributed by atoms with E-state index in [2.05, 4.69) is 75.4 Å². The van der Waals surface area contributed by atoms with E-state index in [9.17, 15) is 0 Å². The average molecular weight is 407 g/mol. The van der Waals surface area contributed by atoms with Crippen LogP contribution in [0.5, 0.6) is 0 Å². The van der Waals surface area contributed by atoms with Gasteiger partial charge in [-0.3, -0.25) is 4.90 Å². The Morgan fingerprint density at radius 1 is 1.00 bits per heavy atom. The Balaban J connectivity index is 1.50. The molecule has 4 heteroatoms. The second kappa shape index (κ2) is 9.14. The van der Waals surface area contributed by atoms with Crippen LogP contribution in [-0.4, -0.2) is 98.6 Å². The highest BCUT2D eigenvalue weighted by Gasteiger charge is 2.49. The van der Waals surface area contributed by atoms with Gasteiger partial charge in [0.2, 0.25) is 0 Å². The maximum Gasteiger partial charge on any atom is 0.0220 e. The molecule has 0 aromatic rings. The van der Waals surface area contributed by atoms with Gasteiger partial charge < -0.3 is 14.7 Å². The first-order valence-electron chi connectivity index (χ1n) is 12.3. The molecule has 3 atom stereocenters. The lowest BCUT2D eigenvalue weighted by atomic mass is 9.62. The molecule has 0 N–H and O–H groups in total. The van der Waals surface area contributed by atoms with Crippen molar-refractivity contribution in [3.8, 4) is 0 Å². The van der Waals surface area contributed by atoms with E-state index in [1.54, 1.807) is 0 Å². The van der Waals surface area contributed by atoms with Gasteiger partial charge in [-0.15, -0.1) is 0 Å². The Bertz CT molecular complexity index is 517. The normalized spacial score (nSPS) is 30.7. The molecule has 0 bridgehead atoms. The van der Waals surface area contributed by atoms with Crippen LogP contribution in [0.3, 0.4) is 0 Å². The third-order valence-electron chi connectivity index (χ3n) is 8.47. The predicted octanol–water partition coefficient (Wildman–Crippen LogP) is 3.73. The summed E-state index contributed by atoms with van der Waals surface area (Å²) in [6.07, 6.45) is 5.47. The van der Waals surface area contributed by atoms with Crippen molar-refractivity contribution in [3.05, 3.63) is 0 Å². The summed E-state index contributed by atoms with van der Waals surface area (Å²) in [5.41, 5.74) is 0.879. The fraction of sp³-hybridized carbons (Fsp3) is 1.00. The van der Waals surface area contributed by atoms with E-state index in [4.69, 9.17) is 0 Å². The van der Waals surface area contributed by atoms with Crippen molar-refractivity contribution >= 4 is 0 Å². The highest BCUT2D eigenvalue weighted by Crippen LogP contribution is 2.47. The zero-order valence-electron chi connectivity index (χ0n) is 20.9. The van der Waals surface area contributed by atoms with Gasteiger partial charge in [0.25, 0.3) is 0 Å². The van der Waals surface area contributed by atoms with Crippen molar-refractivity contribution in [1.82, 2.24) is 19.6 Å². The summed E-state index contributed by atoms with van der Waals surface area (Å²) >= 11 is 0. The number of likely N-dealkylation sites (tertiary alicyclic amines) is 3. The Hall–Kier alpha value is -0.160. The minimum atomic E-state index is 0.428. The van der Waals surface area contributed by atoms with Crippen LogP contribution in [0.1, 0.15) is 60.3 Å². The SMILES string of the molecule is CN(C)CCCN1CC(C(C)(C)C)C1CC(C)(C)C1CN(CC2CCCN2C)C1. The number of nitrogens with zero attached hydrogens (tertiary/aromatic N) is 4. The molecular weight excluding hydrogens is 356 g/mol. The Morgan fingerprint density at radius 3 is 2.24 bits per heavy atom. The lowest BCUT2D eigenvalue weighted by Crippen LogP contribution is -2.63. The molecule has 3 aliphatic heterocycles. The van der Waals surface area contributed by atoms with Crippen LogP contribution in [-0.2, 0) is 0 Å². The van der Waals surface area contributed by atoms with Gasteiger partial charge in [-0.05, 0) is 89.1 Å². The fourth-order valence-electron chi connectivity index (χ4n) is 6.02. The van der Waals surface area contributed by atoms with Gasteiger partial charge in [-0.1, -0.05) is 34.6 Å². The van der Waals surface area contributed by atoms with Crippen LogP contribution in [0.25, 0.3) is 0 Å². The fourth-order valence-corrected chi connectivity index (χ4v) is 6.02. The van der Waals surface area contributed by atoms with Crippen molar-refractivity contribution in [2.45, 2.75) is 72.4 Å². The van der Waals surface area contributed by atoms with Gasteiger partial charge >= 0.3 is 0 Å². The maximum atomic E-state index is 2.81. The minimum absolute atomic E-state index is 0.428. The second-order valence-corrected chi connectivity index (χ2v) is 12.6. The molecule has 29 heavy (non-hydrogen) atoms. The van der Waals surface area contributed by atoms with Gasteiger partial charge in [0.05, 0.1) is 0 Å². The van der Waals surface area contributed by atoms with Gasteiger partial charge in [0.15, 0.2) is 0 Å². The molecule has 0 aromatic carbocycles. The molecule has 0 aromatic heterocycles. The van der Waals surface area contributed by atoms with Crippen molar-refractivity contribution in [1.29, 1.82) is 0 Å². The molecule has 4 nitrogen and oxygen atoms in total. The number of rotatable bonds is 9. The van der Waals surface area contributed by atoms with E-state index < -0.39 is 0 Å². The molecule has 3 fully saturated rings. The molecule has 3 saturated heterocycles. The largest absolute Gasteiger partial charge is 0.309 e. The average Bonchev–Trinajstić information content (AvgIpc) is 2.94. The first kappa shape index (κ1) is 23.5. The number of hydrogen-bond acceptors (Lipinski definition) is 4. The van der Waals surface area contributed by atoms with E-state index in [0.29, 0.717) is 10.8 Å². The molecule has 0 saturated carbocycles. The van der Waals surface area contributed by atoms with E-state index in [0.717, 1.165) is 23.9 Å². The van der Waals surface area contributed by atoms with Crippen LogP contribution >= 0.6 is 0 Å².